The summed E-state index contributed by atoms with van der Waals surface area (Å²) in [4.78, 5) is 29.7. The minimum atomic E-state index is -1.23. The highest BCUT2D eigenvalue weighted by Crippen LogP contribution is 2.43. The molecule has 1 fully saturated rings. The highest BCUT2D eigenvalue weighted by Gasteiger charge is 2.42. The first kappa shape index (κ1) is 24.7. The topological polar surface area (TPSA) is 116 Å². The fourth-order valence-electron chi connectivity index (χ4n) is 4.38. The lowest BCUT2D eigenvalue weighted by molar-refractivity contribution is 0.0696. The third kappa shape index (κ3) is 4.73. The molecule has 186 valence electrons. The standard InChI is InChI=1S/C27H20BrN3O5S/c1-14-10-18(5-6-19(14)28)31-24(23(30-27(31)37)20-4-2-3-9-29-20)22-8-7-21(36-22)15-11-16(25(32)33)13-17(12-15)26(34)35/h2-13,23-24H,1H3,(H,30,37)(H,32,33)(H,34,35)/t23-,24+/m1/s1. The third-order valence-corrected chi connectivity index (χ3v) is 7.35. The summed E-state index contributed by atoms with van der Waals surface area (Å²) >= 11 is 9.29. The van der Waals surface area contributed by atoms with Gasteiger partial charge < -0.3 is 24.8 Å². The molecule has 1 aliphatic rings. The normalized spacial score (nSPS) is 17.0. The Balaban J connectivity index is 1.62. The molecule has 1 aliphatic heterocycles. The average molecular weight is 578 g/mol. The van der Waals surface area contributed by atoms with Crippen molar-refractivity contribution in [2.24, 2.45) is 0 Å². The molecule has 0 aliphatic carbocycles. The van der Waals surface area contributed by atoms with Crippen molar-refractivity contribution >= 4 is 50.9 Å². The lowest BCUT2D eigenvalue weighted by Gasteiger charge is -2.26. The summed E-state index contributed by atoms with van der Waals surface area (Å²) in [5.74, 6) is -1.57. The van der Waals surface area contributed by atoms with Crippen molar-refractivity contribution in [1.82, 2.24) is 10.3 Å². The van der Waals surface area contributed by atoms with E-state index in [1.165, 1.54) is 12.1 Å². The van der Waals surface area contributed by atoms with E-state index < -0.39 is 18.0 Å². The maximum atomic E-state index is 11.6. The van der Waals surface area contributed by atoms with Crippen LogP contribution in [0.5, 0.6) is 0 Å². The van der Waals surface area contributed by atoms with Crippen LogP contribution in [-0.4, -0.2) is 32.2 Å². The molecule has 8 nitrogen and oxygen atoms in total. The molecule has 10 heteroatoms. The zero-order valence-corrected chi connectivity index (χ0v) is 21.8. The van der Waals surface area contributed by atoms with Gasteiger partial charge in [-0.1, -0.05) is 22.0 Å². The SMILES string of the molecule is Cc1cc(N2C(=S)N[C@H](c3ccccn3)[C@@H]2c2ccc(-c3cc(C(=O)O)cc(C(=O)O)c3)o2)ccc1Br. The van der Waals surface area contributed by atoms with E-state index in [1.54, 1.807) is 18.3 Å². The first-order chi connectivity index (χ1) is 17.7. The first-order valence-corrected chi connectivity index (χ1v) is 12.4. The number of hydrogen-bond acceptors (Lipinski definition) is 5. The molecule has 5 rings (SSSR count). The van der Waals surface area contributed by atoms with Crippen LogP contribution in [0.3, 0.4) is 0 Å². The van der Waals surface area contributed by atoms with Crippen LogP contribution in [0.15, 0.2) is 81.8 Å². The van der Waals surface area contributed by atoms with Gasteiger partial charge in [0.25, 0.3) is 0 Å². The molecule has 3 N–H and O–H groups in total. The molecule has 2 atom stereocenters. The van der Waals surface area contributed by atoms with Gasteiger partial charge in [0.15, 0.2) is 5.11 Å². The number of halogens is 1. The molecule has 0 spiro atoms. The van der Waals surface area contributed by atoms with Gasteiger partial charge in [-0.05, 0) is 85.4 Å². The highest BCUT2D eigenvalue weighted by molar-refractivity contribution is 9.10. The molecule has 0 bridgehead atoms. The molecule has 37 heavy (non-hydrogen) atoms. The van der Waals surface area contributed by atoms with Gasteiger partial charge in [-0.3, -0.25) is 4.98 Å². The molecule has 3 heterocycles. The number of nitrogens with zero attached hydrogens (tertiary/aromatic N) is 2. The maximum absolute atomic E-state index is 11.6. The number of thiocarbonyl (C=S) groups is 1. The molecular formula is C27H20BrN3O5S. The number of nitrogens with one attached hydrogen (secondary N) is 1. The van der Waals surface area contributed by atoms with Gasteiger partial charge >= 0.3 is 11.9 Å². The fraction of sp³-hybridized carbons (Fsp3) is 0.111. The minimum absolute atomic E-state index is 0.144. The largest absolute Gasteiger partial charge is 0.478 e. The number of benzene rings is 2. The highest BCUT2D eigenvalue weighted by atomic mass is 79.9. The van der Waals surface area contributed by atoms with Crippen LogP contribution in [-0.2, 0) is 0 Å². The molecule has 0 saturated carbocycles. The van der Waals surface area contributed by atoms with Crippen LogP contribution >= 0.6 is 28.1 Å². The summed E-state index contributed by atoms with van der Waals surface area (Å²) in [7, 11) is 0. The van der Waals surface area contributed by atoms with E-state index in [9.17, 15) is 19.8 Å². The molecule has 0 amide bonds. The van der Waals surface area contributed by atoms with Crippen LogP contribution in [0, 0.1) is 6.92 Å². The van der Waals surface area contributed by atoms with Crippen LogP contribution in [0.1, 0.15) is 49.8 Å². The summed E-state index contributed by atoms with van der Waals surface area (Å²) in [6.07, 6.45) is 1.71. The maximum Gasteiger partial charge on any atom is 0.335 e. The van der Waals surface area contributed by atoms with Crippen LogP contribution in [0.25, 0.3) is 11.3 Å². The quantitative estimate of drug-likeness (QED) is 0.238. The van der Waals surface area contributed by atoms with Gasteiger partial charge in [0.1, 0.15) is 17.6 Å². The van der Waals surface area contributed by atoms with E-state index in [1.807, 2.05) is 48.2 Å². The molecule has 2 aromatic carbocycles. The Morgan fingerprint density at radius 3 is 2.38 bits per heavy atom. The molecular weight excluding hydrogens is 558 g/mol. The predicted octanol–water partition coefficient (Wildman–Crippen LogP) is 5.99. The zero-order chi connectivity index (χ0) is 26.3. The van der Waals surface area contributed by atoms with E-state index in [0.29, 0.717) is 22.2 Å². The Morgan fingerprint density at radius 1 is 1.03 bits per heavy atom. The summed E-state index contributed by atoms with van der Waals surface area (Å²) in [5.41, 5.74) is 2.72. The van der Waals surface area contributed by atoms with Gasteiger partial charge in [-0.15, -0.1) is 0 Å². The van der Waals surface area contributed by atoms with Gasteiger partial charge in [-0.25, -0.2) is 9.59 Å². The molecule has 0 unspecified atom stereocenters. The minimum Gasteiger partial charge on any atom is -0.478 e. The second-order valence-corrected chi connectivity index (χ2v) is 9.78. The Bertz CT molecular complexity index is 1510. The van der Waals surface area contributed by atoms with Crippen LogP contribution < -0.4 is 10.2 Å². The van der Waals surface area contributed by atoms with Crippen molar-refractivity contribution in [2.45, 2.75) is 19.0 Å². The van der Waals surface area contributed by atoms with Gasteiger partial charge in [0.2, 0.25) is 0 Å². The van der Waals surface area contributed by atoms with Gasteiger partial charge in [0.05, 0.1) is 22.9 Å². The number of aryl methyl sites for hydroxylation is 1. The summed E-state index contributed by atoms with van der Waals surface area (Å²) < 4.78 is 7.24. The molecule has 0 radical (unpaired) electrons. The molecule has 2 aromatic heterocycles. The van der Waals surface area contributed by atoms with Crippen molar-refractivity contribution in [2.75, 3.05) is 4.90 Å². The number of hydrogen-bond donors (Lipinski definition) is 3. The van der Waals surface area contributed by atoms with E-state index >= 15 is 0 Å². The smallest absolute Gasteiger partial charge is 0.335 e. The van der Waals surface area contributed by atoms with Gasteiger partial charge in [0, 0.05) is 21.9 Å². The number of carboxylic acids is 2. The number of rotatable bonds is 6. The second-order valence-electron chi connectivity index (χ2n) is 8.54. The summed E-state index contributed by atoms with van der Waals surface area (Å²) in [6, 6.07) is 18.2. The zero-order valence-electron chi connectivity index (χ0n) is 19.4. The summed E-state index contributed by atoms with van der Waals surface area (Å²) in [5, 5.41) is 22.8. The number of aromatic nitrogens is 1. The van der Waals surface area contributed by atoms with E-state index in [-0.39, 0.29) is 17.2 Å². The summed E-state index contributed by atoms with van der Waals surface area (Å²) in [6.45, 7) is 1.99. The van der Waals surface area contributed by atoms with Crippen molar-refractivity contribution in [1.29, 1.82) is 0 Å². The fourth-order valence-corrected chi connectivity index (χ4v) is 4.98. The monoisotopic (exact) mass is 577 g/mol. The Labute approximate surface area is 225 Å². The van der Waals surface area contributed by atoms with Crippen molar-refractivity contribution < 1.29 is 24.2 Å². The number of furan rings is 1. The first-order valence-electron chi connectivity index (χ1n) is 11.2. The number of carboxylic acid groups (broad SMARTS) is 2. The Hall–Kier alpha value is -4.02. The number of anilines is 1. The van der Waals surface area contributed by atoms with E-state index in [4.69, 9.17) is 16.6 Å². The lowest BCUT2D eigenvalue weighted by Crippen LogP contribution is -2.29. The third-order valence-electron chi connectivity index (χ3n) is 6.15. The van der Waals surface area contributed by atoms with Crippen LogP contribution in [0.4, 0.5) is 5.69 Å². The Morgan fingerprint density at radius 2 is 1.76 bits per heavy atom. The lowest BCUT2D eigenvalue weighted by atomic mass is 10.0. The van der Waals surface area contributed by atoms with Crippen molar-refractivity contribution in [3.05, 3.63) is 106 Å². The van der Waals surface area contributed by atoms with Crippen LogP contribution in [0.2, 0.25) is 0 Å². The molecule has 4 aromatic rings. The van der Waals surface area contributed by atoms with Crippen molar-refractivity contribution in [3.63, 3.8) is 0 Å². The predicted molar refractivity (Wildman–Crippen MR) is 145 cm³/mol. The number of pyridine rings is 1. The number of aromatic carboxylic acids is 2. The average Bonchev–Trinajstić information content (AvgIpc) is 3.50. The van der Waals surface area contributed by atoms with E-state index in [0.717, 1.165) is 27.5 Å². The number of carbonyl (C=O) groups is 2. The van der Waals surface area contributed by atoms with E-state index in [2.05, 4.69) is 26.2 Å². The Kier molecular flexibility index (Phi) is 6.53. The second kappa shape index (κ2) is 9.79. The van der Waals surface area contributed by atoms with Gasteiger partial charge in [-0.2, -0.15) is 0 Å². The molecule has 1 saturated heterocycles. The van der Waals surface area contributed by atoms with Crippen molar-refractivity contribution in [3.8, 4) is 11.3 Å².